The molecule has 0 aliphatic heterocycles. The van der Waals surface area contributed by atoms with Gasteiger partial charge in [-0.3, -0.25) is 9.78 Å². The van der Waals surface area contributed by atoms with Gasteiger partial charge in [-0.15, -0.1) is 0 Å². The number of halogens is 1. The van der Waals surface area contributed by atoms with Crippen molar-refractivity contribution in [3.8, 4) is 5.75 Å². The highest BCUT2D eigenvalue weighted by molar-refractivity contribution is 9.10. The van der Waals surface area contributed by atoms with Crippen LogP contribution in [0.3, 0.4) is 0 Å². The summed E-state index contributed by atoms with van der Waals surface area (Å²) >= 11 is 3.41. The SMILES string of the molecule is Cc1cc(C(=O)Nc2ccccc2O)c2cc(Br)ccc2n1. The molecule has 0 saturated heterocycles. The molecule has 5 heteroatoms. The number of fused-ring (bicyclic) bond motifs is 1. The summed E-state index contributed by atoms with van der Waals surface area (Å²) in [6.45, 7) is 1.85. The van der Waals surface area contributed by atoms with Crippen LogP contribution in [0.1, 0.15) is 16.1 Å². The van der Waals surface area contributed by atoms with E-state index in [-0.39, 0.29) is 11.7 Å². The normalized spacial score (nSPS) is 10.6. The van der Waals surface area contributed by atoms with E-state index >= 15 is 0 Å². The zero-order valence-corrected chi connectivity index (χ0v) is 13.4. The Morgan fingerprint density at radius 2 is 1.95 bits per heavy atom. The second kappa shape index (κ2) is 5.77. The van der Waals surface area contributed by atoms with Gasteiger partial charge in [0.15, 0.2) is 0 Å². The minimum absolute atomic E-state index is 0.0344. The number of anilines is 1. The minimum atomic E-state index is -0.282. The maximum atomic E-state index is 12.6. The molecule has 0 unspecified atom stereocenters. The van der Waals surface area contributed by atoms with Gasteiger partial charge in [-0.25, -0.2) is 0 Å². The van der Waals surface area contributed by atoms with E-state index < -0.39 is 0 Å². The number of aromatic hydroxyl groups is 1. The molecule has 0 aliphatic rings. The van der Waals surface area contributed by atoms with Gasteiger partial charge in [-0.05, 0) is 43.3 Å². The molecule has 0 radical (unpaired) electrons. The van der Waals surface area contributed by atoms with Crippen LogP contribution in [-0.2, 0) is 0 Å². The molecule has 0 aliphatic carbocycles. The van der Waals surface area contributed by atoms with Crippen molar-refractivity contribution in [1.29, 1.82) is 0 Å². The molecule has 0 atom stereocenters. The zero-order chi connectivity index (χ0) is 15.7. The van der Waals surface area contributed by atoms with E-state index in [1.165, 1.54) is 6.07 Å². The number of aryl methyl sites for hydroxylation is 1. The molecular formula is C17H13BrN2O2. The van der Waals surface area contributed by atoms with Crippen LogP contribution in [0.2, 0.25) is 0 Å². The molecule has 0 spiro atoms. The number of carbonyl (C=O) groups is 1. The third-order valence-corrected chi connectivity index (χ3v) is 3.79. The standard InChI is InChI=1S/C17H13BrN2O2/c1-10-8-13(12-9-11(18)6-7-14(12)19-10)17(22)20-15-4-2-3-5-16(15)21/h2-9,21H,1H3,(H,20,22). The topological polar surface area (TPSA) is 62.2 Å². The summed E-state index contributed by atoms with van der Waals surface area (Å²) in [6, 6.07) is 14.0. The van der Waals surface area contributed by atoms with Crippen molar-refractivity contribution < 1.29 is 9.90 Å². The lowest BCUT2D eigenvalue weighted by Gasteiger charge is -2.10. The molecule has 110 valence electrons. The molecule has 22 heavy (non-hydrogen) atoms. The Morgan fingerprint density at radius 3 is 2.73 bits per heavy atom. The lowest BCUT2D eigenvalue weighted by atomic mass is 10.1. The van der Waals surface area contributed by atoms with Gasteiger partial charge in [0.05, 0.1) is 16.8 Å². The first-order valence-corrected chi connectivity index (χ1v) is 7.50. The average molecular weight is 357 g/mol. The van der Waals surface area contributed by atoms with Gasteiger partial charge < -0.3 is 10.4 Å². The van der Waals surface area contributed by atoms with E-state index in [4.69, 9.17) is 0 Å². The predicted molar refractivity (Wildman–Crippen MR) is 90.2 cm³/mol. The maximum Gasteiger partial charge on any atom is 0.256 e. The predicted octanol–water partition coefficient (Wildman–Crippen LogP) is 4.26. The number of nitrogens with zero attached hydrogens (tertiary/aromatic N) is 1. The van der Waals surface area contributed by atoms with Gasteiger partial charge in [0.25, 0.3) is 5.91 Å². The minimum Gasteiger partial charge on any atom is -0.506 e. The average Bonchev–Trinajstić information content (AvgIpc) is 2.49. The lowest BCUT2D eigenvalue weighted by Crippen LogP contribution is -2.13. The van der Waals surface area contributed by atoms with E-state index in [2.05, 4.69) is 26.2 Å². The second-order valence-corrected chi connectivity index (χ2v) is 5.86. The maximum absolute atomic E-state index is 12.6. The Hall–Kier alpha value is -2.40. The molecule has 0 bridgehead atoms. The van der Waals surface area contributed by atoms with E-state index in [1.54, 1.807) is 24.3 Å². The number of para-hydroxylation sites is 2. The molecule has 0 fully saturated rings. The Kier molecular flexibility index (Phi) is 3.81. The summed E-state index contributed by atoms with van der Waals surface area (Å²) in [5.74, 6) is -0.248. The fourth-order valence-electron chi connectivity index (χ4n) is 2.29. The highest BCUT2D eigenvalue weighted by Gasteiger charge is 2.14. The molecular weight excluding hydrogens is 344 g/mol. The number of rotatable bonds is 2. The summed E-state index contributed by atoms with van der Waals surface area (Å²) in [5, 5.41) is 13.3. The van der Waals surface area contributed by atoms with Crippen molar-refractivity contribution in [2.45, 2.75) is 6.92 Å². The third-order valence-electron chi connectivity index (χ3n) is 3.30. The van der Waals surface area contributed by atoms with Crippen LogP contribution in [0.4, 0.5) is 5.69 Å². The van der Waals surface area contributed by atoms with Crippen LogP contribution < -0.4 is 5.32 Å². The Labute approximate surface area is 135 Å². The summed E-state index contributed by atoms with van der Waals surface area (Å²) in [5.41, 5.74) is 2.42. The number of phenols is 1. The molecule has 1 heterocycles. The summed E-state index contributed by atoms with van der Waals surface area (Å²) in [4.78, 5) is 17.0. The molecule has 3 aromatic rings. The van der Waals surface area contributed by atoms with Crippen molar-refractivity contribution in [3.05, 3.63) is 64.3 Å². The van der Waals surface area contributed by atoms with Crippen LogP contribution in [0, 0.1) is 6.92 Å². The van der Waals surface area contributed by atoms with Crippen molar-refractivity contribution in [2.75, 3.05) is 5.32 Å². The van der Waals surface area contributed by atoms with E-state index in [9.17, 15) is 9.90 Å². The molecule has 4 nitrogen and oxygen atoms in total. The van der Waals surface area contributed by atoms with Crippen LogP contribution in [0.25, 0.3) is 10.9 Å². The number of aromatic nitrogens is 1. The third kappa shape index (κ3) is 2.80. The smallest absolute Gasteiger partial charge is 0.256 e. The largest absolute Gasteiger partial charge is 0.506 e. The number of pyridine rings is 1. The number of nitrogens with one attached hydrogen (secondary N) is 1. The fourth-order valence-corrected chi connectivity index (χ4v) is 2.65. The molecule has 1 amide bonds. The lowest BCUT2D eigenvalue weighted by molar-refractivity contribution is 0.102. The monoisotopic (exact) mass is 356 g/mol. The van der Waals surface area contributed by atoms with Crippen LogP contribution in [-0.4, -0.2) is 16.0 Å². The van der Waals surface area contributed by atoms with Gasteiger partial charge in [0.2, 0.25) is 0 Å². The number of benzene rings is 2. The summed E-state index contributed by atoms with van der Waals surface area (Å²) in [6.07, 6.45) is 0. The molecule has 2 N–H and O–H groups in total. The molecule has 1 aromatic heterocycles. The van der Waals surface area contributed by atoms with Gasteiger partial charge in [0, 0.05) is 15.6 Å². The first-order valence-electron chi connectivity index (χ1n) is 6.71. The summed E-state index contributed by atoms with van der Waals surface area (Å²) in [7, 11) is 0. The molecule has 2 aromatic carbocycles. The number of phenolic OH excluding ortho intramolecular Hbond substituents is 1. The van der Waals surface area contributed by atoms with Crippen LogP contribution in [0.15, 0.2) is 53.0 Å². The van der Waals surface area contributed by atoms with E-state index in [0.29, 0.717) is 11.3 Å². The molecule has 0 saturated carbocycles. The van der Waals surface area contributed by atoms with Crippen molar-refractivity contribution >= 4 is 38.4 Å². The number of hydrogen-bond acceptors (Lipinski definition) is 3. The van der Waals surface area contributed by atoms with Gasteiger partial charge in [0.1, 0.15) is 5.75 Å². The summed E-state index contributed by atoms with van der Waals surface area (Å²) < 4.78 is 0.877. The Morgan fingerprint density at radius 1 is 1.18 bits per heavy atom. The van der Waals surface area contributed by atoms with E-state index in [1.807, 2.05) is 25.1 Å². The highest BCUT2D eigenvalue weighted by Crippen LogP contribution is 2.26. The highest BCUT2D eigenvalue weighted by atomic mass is 79.9. The van der Waals surface area contributed by atoms with Gasteiger partial charge in [-0.2, -0.15) is 0 Å². The first kappa shape index (κ1) is 14.5. The first-order chi connectivity index (χ1) is 10.5. The zero-order valence-electron chi connectivity index (χ0n) is 11.8. The second-order valence-electron chi connectivity index (χ2n) is 4.94. The van der Waals surface area contributed by atoms with Gasteiger partial charge >= 0.3 is 0 Å². The van der Waals surface area contributed by atoms with Crippen molar-refractivity contribution in [2.24, 2.45) is 0 Å². The van der Waals surface area contributed by atoms with E-state index in [0.717, 1.165) is 21.1 Å². The van der Waals surface area contributed by atoms with Crippen molar-refractivity contribution in [1.82, 2.24) is 4.98 Å². The quantitative estimate of drug-likeness (QED) is 0.674. The fraction of sp³-hybridized carbons (Fsp3) is 0.0588. The van der Waals surface area contributed by atoms with Crippen molar-refractivity contribution in [3.63, 3.8) is 0 Å². The number of carbonyl (C=O) groups excluding carboxylic acids is 1. The number of amides is 1. The van der Waals surface area contributed by atoms with Crippen LogP contribution in [0.5, 0.6) is 5.75 Å². The Bertz CT molecular complexity index is 878. The van der Waals surface area contributed by atoms with Gasteiger partial charge in [-0.1, -0.05) is 28.1 Å². The molecule has 3 rings (SSSR count). The number of hydrogen-bond donors (Lipinski definition) is 2. The Balaban J connectivity index is 2.07. The van der Waals surface area contributed by atoms with Crippen LogP contribution >= 0.6 is 15.9 Å².